The van der Waals surface area contributed by atoms with Crippen molar-refractivity contribution in [3.8, 4) is 0 Å². The van der Waals surface area contributed by atoms with E-state index in [0.717, 1.165) is 38.9 Å². The third-order valence-corrected chi connectivity index (χ3v) is 4.46. The molecule has 0 bridgehead atoms. The molecule has 0 aromatic rings. The van der Waals surface area contributed by atoms with Crippen molar-refractivity contribution in [2.45, 2.75) is 51.0 Å². The predicted molar refractivity (Wildman–Crippen MR) is 67.4 cm³/mol. The minimum atomic E-state index is -0.331. The van der Waals surface area contributed by atoms with Crippen molar-refractivity contribution in [2.24, 2.45) is 5.92 Å². The molecule has 1 aliphatic heterocycles. The fourth-order valence-electron chi connectivity index (χ4n) is 3.21. The summed E-state index contributed by atoms with van der Waals surface area (Å²) in [5.41, 5.74) is 0.990. The maximum Gasteiger partial charge on any atom is 0.0700 e. The molecule has 1 N–H and O–H groups in total. The van der Waals surface area contributed by atoms with Crippen LogP contribution in [-0.4, -0.2) is 35.2 Å². The Morgan fingerprint density at radius 2 is 2.25 bits per heavy atom. The summed E-state index contributed by atoms with van der Waals surface area (Å²) in [6, 6.07) is 0. The number of rotatable bonds is 3. The molecule has 2 aliphatic rings. The Morgan fingerprint density at radius 3 is 3.00 bits per heavy atom. The molecule has 0 amide bonds. The molecule has 92 valence electrons. The first-order valence-corrected chi connectivity index (χ1v) is 6.75. The second-order valence-corrected chi connectivity index (χ2v) is 5.63. The molecule has 2 fully saturated rings. The molecule has 0 radical (unpaired) electrons. The van der Waals surface area contributed by atoms with Gasteiger partial charge in [0.25, 0.3) is 0 Å². The lowest BCUT2D eigenvalue weighted by atomic mass is 9.71. The fraction of sp³-hybridized carbons (Fsp3) is 0.857. The van der Waals surface area contributed by atoms with Crippen LogP contribution in [0.2, 0.25) is 0 Å². The minimum Gasteiger partial charge on any atom is -0.390 e. The first kappa shape index (κ1) is 12.1. The standard InChI is InChI=1S/C14H25NO/c1-3-12(2)10-15-9-8-14(16)7-5-4-6-13(14)11-15/h13,16H,2-11H2,1H3. The lowest BCUT2D eigenvalue weighted by Crippen LogP contribution is -2.53. The largest absolute Gasteiger partial charge is 0.390 e. The van der Waals surface area contributed by atoms with Crippen LogP contribution in [0.5, 0.6) is 0 Å². The normalized spacial score (nSPS) is 35.8. The van der Waals surface area contributed by atoms with E-state index in [9.17, 15) is 5.11 Å². The molecular formula is C14H25NO. The van der Waals surface area contributed by atoms with E-state index in [0.29, 0.717) is 5.92 Å². The second-order valence-electron chi connectivity index (χ2n) is 5.63. The van der Waals surface area contributed by atoms with Gasteiger partial charge in [-0.2, -0.15) is 0 Å². The summed E-state index contributed by atoms with van der Waals surface area (Å²) in [4.78, 5) is 2.48. The van der Waals surface area contributed by atoms with Gasteiger partial charge in [0.15, 0.2) is 0 Å². The van der Waals surface area contributed by atoms with E-state index in [1.165, 1.54) is 24.8 Å². The number of nitrogens with zero attached hydrogens (tertiary/aromatic N) is 1. The molecule has 0 aromatic carbocycles. The Hall–Kier alpha value is -0.340. The maximum absolute atomic E-state index is 10.6. The van der Waals surface area contributed by atoms with E-state index in [-0.39, 0.29) is 5.60 Å². The lowest BCUT2D eigenvalue weighted by molar-refractivity contribution is -0.0938. The lowest BCUT2D eigenvalue weighted by Gasteiger charge is -2.47. The average Bonchev–Trinajstić information content (AvgIpc) is 2.29. The summed E-state index contributed by atoms with van der Waals surface area (Å²) in [5, 5.41) is 10.6. The first-order chi connectivity index (χ1) is 7.64. The monoisotopic (exact) mass is 223 g/mol. The van der Waals surface area contributed by atoms with Gasteiger partial charge in [0.2, 0.25) is 0 Å². The van der Waals surface area contributed by atoms with Crippen LogP contribution in [0.1, 0.15) is 45.4 Å². The van der Waals surface area contributed by atoms with Crippen LogP contribution < -0.4 is 0 Å². The van der Waals surface area contributed by atoms with Gasteiger partial charge in [-0.1, -0.05) is 31.9 Å². The number of hydrogen-bond acceptors (Lipinski definition) is 2. The van der Waals surface area contributed by atoms with Crippen LogP contribution in [0.15, 0.2) is 12.2 Å². The highest BCUT2D eigenvalue weighted by Gasteiger charge is 2.42. The zero-order chi connectivity index (χ0) is 11.6. The topological polar surface area (TPSA) is 23.5 Å². The number of aliphatic hydroxyl groups is 1. The fourth-order valence-corrected chi connectivity index (χ4v) is 3.21. The van der Waals surface area contributed by atoms with Gasteiger partial charge in [-0.25, -0.2) is 0 Å². The maximum atomic E-state index is 10.6. The van der Waals surface area contributed by atoms with Crippen LogP contribution in [-0.2, 0) is 0 Å². The summed E-state index contributed by atoms with van der Waals surface area (Å²) in [5.74, 6) is 0.514. The van der Waals surface area contributed by atoms with Crippen molar-refractivity contribution in [2.75, 3.05) is 19.6 Å². The van der Waals surface area contributed by atoms with Gasteiger partial charge in [-0.05, 0) is 25.7 Å². The number of fused-ring (bicyclic) bond motifs is 1. The van der Waals surface area contributed by atoms with E-state index in [2.05, 4.69) is 18.4 Å². The summed E-state index contributed by atoms with van der Waals surface area (Å²) in [6.07, 6.45) is 6.80. The minimum absolute atomic E-state index is 0.331. The molecule has 1 aliphatic carbocycles. The number of likely N-dealkylation sites (tertiary alicyclic amines) is 1. The van der Waals surface area contributed by atoms with E-state index in [1.807, 2.05) is 0 Å². The van der Waals surface area contributed by atoms with E-state index in [1.54, 1.807) is 0 Å². The Labute approximate surface area is 99.3 Å². The molecule has 2 nitrogen and oxygen atoms in total. The van der Waals surface area contributed by atoms with Gasteiger partial charge in [0.05, 0.1) is 5.60 Å². The summed E-state index contributed by atoms with van der Waals surface area (Å²) in [6.45, 7) is 9.41. The van der Waals surface area contributed by atoms with Crippen LogP contribution in [0, 0.1) is 5.92 Å². The van der Waals surface area contributed by atoms with Crippen molar-refractivity contribution in [1.82, 2.24) is 4.90 Å². The van der Waals surface area contributed by atoms with Gasteiger partial charge in [-0.15, -0.1) is 0 Å². The summed E-state index contributed by atoms with van der Waals surface area (Å²) < 4.78 is 0. The molecule has 2 heteroatoms. The van der Waals surface area contributed by atoms with E-state index < -0.39 is 0 Å². The smallest absolute Gasteiger partial charge is 0.0700 e. The Bertz CT molecular complexity index is 263. The van der Waals surface area contributed by atoms with Crippen LogP contribution in [0.25, 0.3) is 0 Å². The molecule has 2 atom stereocenters. The van der Waals surface area contributed by atoms with E-state index in [4.69, 9.17) is 0 Å². The van der Waals surface area contributed by atoms with Crippen molar-refractivity contribution < 1.29 is 5.11 Å². The SMILES string of the molecule is C=C(CC)CN1CCC2(O)CCCCC2C1. The van der Waals surface area contributed by atoms with Crippen molar-refractivity contribution in [3.63, 3.8) is 0 Å². The van der Waals surface area contributed by atoms with Crippen molar-refractivity contribution >= 4 is 0 Å². The van der Waals surface area contributed by atoms with Crippen molar-refractivity contribution in [3.05, 3.63) is 12.2 Å². The Kier molecular flexibility index (Phi) is 3.70. The third-order valence-electron chi connectivity index (χ3n) is 4.46. The predicted octanol–water partition coefficient (Wildman–Crippen LogP) is 2.58. The second kappa shape index (κ2) is 4.89. The summed E-state index contributed by atoms with van der Waals surface area (Å²) in [7, 11) is 0. The average molecular weight is 223 g/mol. The Morgan fingerprint density at radius 1 is 1.44 bits per heavy atom. The summed E-state index contributed by atoms with van der Waals surface area (Å²) >= 11 is 0. The highest BCUT2D eigenvalue weighted by molar-refractivity contribution is 5.01. The molecule has 2 unspecified atom stereocenters. The molecule has 1 saturated heterocycles. The molecule has 1 heterocycles. The quantitative estimate of drug-likeness (QED) is 0.743. The number of piperidine rings is 1. The highest BCUT2D eigenvalue weighted by atomic mass is 16.3. The van der Waals surface area contributed by atoms with Crippen molar-refractivity contribution in [1.29, 1.82) is 0 Å². The van der Waals surface area contributed by atoms with Crippen LogP contribution >= 0.6 is 0 Å². The van der Waals surface area contributed by atoms with Crippen LogP contribution in [0.4, 0.5) is 0 Å². The van der Waals surface area contributed by atoms with Gasteiger partial charge in [0.1, 0.15) is 0 Å². The first-order valence-electron chi connectivity index (χ1n) is 6.75. The molecule has 0 aromatic heterocycles. The Balaban J connectivity index is 1.91. The zero-order valence-electron chi connectivity index (χ0n) is 10.5. The highest BCUT2D eigenvalue weighted by Crippen LogP contribution is 2.39. The molecule has 0 spiro atoms. The third kappa shape index (κ3) is 2.49. The molecular weight excluding hydrogens is 198 g/mol. The van der Waals surface area contributed by atoms with Gasteiger partial charge in [-0.3, -0.25) is 4.90 Å². The number of hydrogen-bond donors (Lipinski definition) is 1. The molecule has 16 heavy (non-hydrogen) atoms. The molecule has 2 rings (SSSR count). The zero-order valence-corrected chi connectivity index (χ0v) is 10.5. The van der Waals surface area contributed by atoms with E-state index >= 15 is 0 Å². The van der Waals surface area contributed by atoms with Gasteiger partial charge < -0.3 is 5.11 Å². The van der Waals surface area contributed by atoms with Gasteiger partial charge in [0, 0.05) is 25.6 Å². The van der Waals surface area contributed by atoms with Crippen LogP contribution in [0.3, 0.4) is 0 Å². The molecule has 1 saturated carbocycles. The van der Waals surface area contributed by atoms with Gasteiger partial charge >= 0.3 is 0 Å².